The molecular weight excluding hydrogens is 386 g/mol. The number of anilines is 2. The number of likely N-dealkylation sites (tertiary alicyclic amines) is 1. The number of hydrogen-bond donors (Lipinski definition) is 2. The van der Waals surface area contributed by atoms with Crippen molar-refractivity contribution in [2.75, 3.05) is 30.4 Å². The molecule has 1 fully saturated rings. The molecule has 0 radical (unpaired) electrons. The summed E-state index contributed by atoms with van der Waals surface area (Å²) in [7, 11) is 0. The summed E-state index contributed by atoms with van der Waals surface area (Å²) >= 11 is 0. The first-order valence-corrected chi connectivity index (χ1v) is 9.90. The fourth-order valence-electron chi connectivity index (χ4n) is 3.64. The van der Waals surface area contributed by atoms with Crippen LogP contribution in [0.5, 0.6) is 11.5 Å². The molecule has 30 heavy (non-hydrogen) atoms. The largest absolute Gasteiger partial charge is 0.486 e. The van der Waals surface area contributed by atoms with Gasteiger partial charge in [-0.05, 0) is 44.0 Å². The Labute approximate surface area is 174 Å². The summed E-state index contributed by atoms with van der Waals surface area (Å²) in [5, 5.41) is 5.65. The van der Waals surface area contributed by atoms with E-state index in [1.165, 1.54) is 11.8 Å². The van der Waals surface area contributed by atoms with Crippen molar-refractivity contribution in [1.82, 2.24) is 4.90 Å². The third-order valence-corrected chi connectivity index (χ3v) is 5.15. The molecule has 1 atom stereocenters. The zero-order valence-electron chi connectivity index (χ0n) is 16.6. The maximum absolute atomic E-state index is 12.8. The molecule has 0 saturated carbocycles. The van der Waals surface area contributed by atoms with Gasteiger partial charge in [0, 0.05) is 29.5 Å². The molecule has 3 amide bonds. The van der Waals surface area contributed by atoms with Gasteiger partial charge in [-0.3, -0.25) is 9.59 Å². The predicted octanol–water partition coefficient (Wildman–Crippen LogP) is 3.30. The summed E-state index contributed by atoms with van der Waals surface area (Å²) in [6.45, 7) is 2.92. The molecule has 8 nitrogen and oxygen atoms in total. The van der Waals surface area contributed by atoms with Crippen LogP contribution in [0.1, 0.15) is 30.1 Å². The van der Waals surface area contributed by atoms with E-state index in [9.17, 15) is 14.4 Å². The maximum Gasteiger partial charge on any atom is 0.322 e. The summed E-state index contributed by atoms with van der Waals surface area (Å²) in [5.41, 5.74) is 1.62. The van der Waals surface area contributed by atoms with Gasteiger partial charge in [-0.15, -0.1) is 0 Å². The van der Waals surface area contributed by atoms with Gasteiger partial charge < -0.3 is 25.0 Å². The molecule has 2 N–H and O–H groups in total. The van der Waals surface area contributed by atoms with E-state index in [-0.39, 0.29) is 17.7 Å². The number of urea groups is 1. The number of nitrogens with one attached hydrogen (secondary N) is 2. The van der Waals surface area contributed by atoms with Gasteiger partial charge in [0.2, 0.25) is 5.91 Å². The Balaban J connectivity index is 1.42. The number of rotatable bonds is 4. The molecule has 0 unspecified atom stereocenters. The SMILES string of the molecule is CC(=O)c1cccc(NC(=O)N2CCC[C@@H]2C(=O)Nc2ccc3c(c2)OCCO3)c1. The van der Waals surface area contributed by atoms with E-state index in [1.54, 1.807) is 42.5 Å². The zero-order chi connectivity index (χ0) is 21.1. The first kappa shape index (κ1) is 19.8. The van der Waals surface area contributed by atoms with Crippen LogP contribution in [0.15, 0.2) is 42.5 Å². The molecule has 0 aliphatic carbocycles. The highest BCUT2D eigenvalue weighted by Crippen LogP contribution is 2.33. The summed E-state index contributed by atoms with van der Waals surface area (Å²) < 4.78 is 11.0. The molecule has 2 aliphatic heterocycles. The lowest BCUT2D eigenvalue weighted by atomic mass is 10.1. The lowest BCUT2D eigenvalue weighted by Crippen LogP contribution is -2.45. The highest BCUT2D eigenvalue weighted by molar-refractivity contribution is 6.00. The van der Waals surface area contributed by atoms with E-state index in [2.05, 4.69) is 10.6 Å². The predicted molar refractivity (Wildman–Crippen MR) is 111 cm³/mol. The van der Waals surface area contributed by atoms with Crippen LogP contribution < -0.4 is 20.1 Å². The molecule has 2 aliphatic rings. The minimum Gasteiger partial charge on any atom is -0.486 e. The third-order valence-electron chi connectivity index (χ3n) is 5.15. The van der Waals surface area contributed by atoms with Crippen molar-refractivity contribution >= 4 is 29.1 Å². The number of Topliss-reactive ketones (excluding diaryl/α,β-unsaturated/α-hetero) is 1. The fraction of sp³-hybridized carbons (Fsp3) is 0.318. The second kappa shape index (κ2) is 8.44. The van der Waals surface area contributed by atoms with E-state index in [0.717, 1.165) is 6.42 Å². The van der Waals surface area contributed by atoms with Gasteiger partial charge in [-0.2, -0.15) is 0 Å². The van der Waals surface area contributed by atoms with Gasteiger partial charge in [0.15, 0.2) is 17.3 Å². The van der Waals surface area contributed by atoms with Crippen LogP contribution >= 0.6 is 0 Å². The Hall–Kier alpha value is -3.55. The number of carbonyl (C=O) groups excluding carboxylic acids is 3. The van der Waals surface area contributed by atoms with E-state index < -0.39 is 6.04 Å². The maximum atomic E-state index is 12.8. The molecule has 2 aromatic carbocycles. The van der Waals surface area contributed by atoms with Gasteiger partial charge in [0.05, 0.1) is 0 Å². The summed E-state index contributed by atoms with van der Waals surface area (Å²) in [6, 6.07) is 11.0. The first-order chi connectivity index (χ1) is 14.5. The van der Waals surface area contributed by atoms with Gasteiger partial charge in [0.1, 0.15) is 19.3 Å². The molecule has 2 heterocycles. The van der Waals surface area contributed by atoms with Crippen LogP contribution in [0.4, 0.5) is 16.2 Å². The molecule has 8 heteroatoms. The van der Waals surface area contributed by atoms with Crippen molar-refractivity contribution in [1.29, 1.82) is 0 Å². The number of nitrogens with zero attached hydrogens (tertiary/aromatic N) is 1. The van der Waals surface area contributed by atoms with Crippen molar-refractivity contribution in [2.24, 2.45) is 0 Å². The lowest BCUT2D eigenvalue weighted by Gasteiger charge is -2.25. The standard InChI is InChI=1S/C22H23N3O5/c1-14(26)15-4-2-5-16(12-15)24-22(28)25-9-3-6-18(25)21(27)23-17-7-8-19-20(13-17)30-11-10-29-19/h2,4-5,7-8,12-13,18H,3,6,9-11H2,1H3,(H,23,27)(H,24,28)/t18-/m1/s1. The average molecular weight is 409 g/mol. The van der Waals surface area contributed by atoms with Crippen LogP contribution in [-0.4, -0.2) is 48.4 Å². The topological polar surface area (TPSA) is 97.0 Å². The highest BCUT2D eigenvalue weighted by atomic mass is 16.6. The molecule has 0 bridgehead atoms. The number of benzene rings is 2. The van der Waals surface area contributed by atoms with Crippen molar-refractivity contribution in [3.8, 4) is 11.5 Å². The van der Waals surface area contributed by atoms with Crippen molar-refractivity contribution in [3.63, 3.8) is 0 Å². The molecule has 1 saturated heterocycles. The van der Waals surface area contributed by atoms with Gasteiger partial charge in [-0.1, -0.05) is 12.1 Å². The number of hydrogen-bond acceptors (Lipinski definition) is 5. The van der Waals surface area contributed by atoms with E-state index in [0.29, 0.717) is 54.6 Å². The number of ketones is 1. The summed E-state index contributed by atoms with van der Waals surface area (Å²) in [5.74, 6) is 0.903. The minimum atomic E-state index is -0.575. The van der Waals surface area contributed by atoms with Gasteiger partial charge >= 0.3 is 6.03 Å². The Bertz CT molecular complexity index is 990. The van der Waals surface area contributed by atoms with Crippen LogP contribution in [0.2, 0.25) is 0 Å². The summed E-state index contributed by atoms with van der Waals surface area (Å²) in [4.78, 5) is 38.7. The number of carbonyl (C=O) groups is 3. The van der Waals surface area contributed by atoms with Gasteiger partial charge in [-0.25, -0.2) is 4.79 Å². The molecule has 2 aromatic rings. The summed E-state index contributed by atoms with van der Waals surface area (Å²) in [6.07, 6.45) is 1.32. The molecule has 156 valence electrons. The molecular formula is C22H23N3O5. The van der Waals surface area contributed by atoms with Crippen LogP contribution in [0, 0.1) is 0 Å². The number of amides is 3. The molecule has 0 aromatic heterocycles. The first-order valence-electron chi connectivity index (χ1n) is 9.90. The Kier molecular flexibility index (Phi) is 5.56. The quantitative estimate of drug-likeness (QED) is 0.756. The Morgan fingerprint density at radius 3 is 2.53 bits per heavy atom. The molecule has 4 rings (SSSR count). The fourth-order valence-corrected chi connectivity index (χ4v) is 3.64. The van der Waals surface area contributed by atoms with E-state index >= 15 is 0 Å². The minimum absolute atomic E-state index is 0.0797. The van der Waals surface area contributed by atoms with Crippen LogP contribution in [-0.2, 0) is 4.79 Å². The van der Waals surface area contributed by atoms with Crippen molar-refractivity contribution < 1.29 is 23.9 Å². The highest BCUT2D eigenvalue weighted by Gasteiger charge is 2.34. The van der Waals surface area contributed by atoms with Crippen LogP contribution in [0.25, 0.3) is 0 Å². The zero-order valence-corrected chi connectivity index (χ0v) is 16.6. The smallest absolute Gasteiger partial charge is 0.322 e. The monoisotopic (exact) mass is 409 g/mol. The van der Waals surface area contributed by atoms with E-state index in [4.69, 9.17) is 9.47 Å². The Morgan fingerprint density at radius 2 is 1.73 bits per heavy atom. The Morgan fingerprint density at radius 1 is 0.967 bits per heavy atom. The third kappa shape index (κ3) is 4.22. The molecule has 0 spiro atoms. The second-order valence-electron chi connectivity index (χ2n) is 7.27. The van der Waals surface area contributed by atoms with Crippen LogP contribution in [0.3, 0.4) is 0 Å². The normalized spacial score (nSPS) is 17.4. The lowest BCUT2D eigenvalue weighted by molar-refractivity contribution is -0.119. The number of ether oxygens (including phenoxy) is 2. The van der Waals surface area contributed by atoms with E-state index in [1.807, 2.05) is 0 Å². The second-order valence-corrected chi connectivity index (χ2v) is 7.27. The number of fused-ring (bicyclic) bond motifs is 1. The van der Waals surface area contributed by atoms with Gasteiger partial charge in [0.25, 0.3) is 0 Å². The van der Waals surface area contributed by atoms with Crippen molar-refractivity contribution in [3.05, 3.63) is 48.0 Å². The average Bonchev–Trinajstić information content (AvgIpc) is 3.24. The van der Waals surface area contributed by atoms with Crippen molar-refractivity contribution in [2.45, 2.75) is 25.8 Å².